The average Bonchev–Trinajstić information content (AvgIpc) is 2.41. The summed E-state index contributed by atoms with van der Waals surface area (Å²) in [6, 6.07) is 3.21. The minimum absolute atomic E-state index is 0.149. The van der Waals surface area contributed by atoms with Crippen molar-refractivity contribution >= 4 is 29.5 Å². The quantitative estimate of drug-likeness (QED) is 0.719. The topological polar surface area (TPSA) is 26.3 Å². The summed E-state index contributed by atoms with van der Waals surface area (Å²) in [5.74, 6) is 1.19. The summed E-state index contributed by atoms with van der Waals surface area (Å²) in [5.41, 5.74) is 0.427. The number of hydrogen-bond acceptors (Lipinski definition) is 2. The van der Waals surface area contributed by atoms with Gasteiger partial charge in [-0.05, 0) is 37.3 Å². The molecule has 0 bridgehead atoms. The molecule has 1 saturated carbocycles. The Bertz CT molecular complexity index is 460. The van der Waals surface area contributed by atoms with Gasteiger partial charge in [0.15, 0.2) is 6.29 Å². The van der Waals surface area contributed by atoms with Crippen LogP contribution in [0.1, 0.15) is 49.4 Å². The molecule has 104 valence electrons. The zero-order valence-corrected chi connectivity index (χ0v) is 12.5. The summed E-state index contributed by atoms with van der Waals surface area (Å²) < 4.78 is 5.97. The molecule has 2 rings (SSSR count). The molecule has 2 unspecified atom stereocenters. The number of ether oxygens (including phenoxy) is 1. The van der Waals surface area contributed by atoms with Gasteiger partial charge in [0.1, 0.15) is 5.75 Å². The summed E-state index contributed by atoms with van der Waals surface area (Å²) in [5, 5.41) is 0.864. The third-order valence-corrected chi connectivity index (χ3v) is 4.26. The van der Waals surface area contributed by atoms with E-state index in [9.17, 15) is 4.79 Å². The van der Waals surface area contributed by atoms with Gasteiger partial charge in [-0.3, -0.25) is 4.79 Å². The van der Waals surface area contributed by atoms with E-state index in [1.807, 2.05) is 0 Å². The lowest BCUT2D eigenvalue weighted by molar-refractivity contribution is 0.108. The van der Waals surface area contributed by atoms with Gasteiger partial charge in [-0.2, -0.15) is 0 Å². The Hall–Kier alpha value is -0.730. The van der Waals surface area contributed by atoms with Crippen LogP contribution < -0.4 is 4.74 Å². The molecule has 1 aromatic rings. The molecule has 19 heavy (non-hydrogen) atoms. The van der Waals surface area contributed by atoms with Crippen molar-refractivity contribution in [1.29, 1.82) is 0 Å². The van der Waals surface area contributed by atoms with E-state index in [-0.39, 0.29) is 6.10 Å². The first-order chi connectivity index (χ1) is 9.13. The van der Waals surface area contributed by atoms with Crippen molar-refractivity contribution in [2.24, 2.45) is 5.92 Å². The molecule has 0 heterocycles. The number of carbonyl (C=O) groups excluding carboxylic acids is 1. The molecule has 0 aromatic heterocycles. The normalized spacial score (nSPS) is 23.1. The van der Waals surface area contributed by atoms with Crippen molar-refractivity contribution in [3.8, 4) is 5.75 Å². The predicted octanol–water partition coefficient (Wildman–Crippen LogP) is 5.15. The molecule has 0 saturated heterocycles. The zero-order chi connectivity index (χ0) is 13.8. The molecule has 0 spiro atoms. The number of benzene rings is 1. The third-order valence-electron chi connectivity index (χ3n) is 3.76. The van der Waals surface area contributed by atoms with Crippen LogP contribution in [0.25, 0.3) is 0 Å². The minimum Gasteiger partial charge on any atom is -0.488 e. The van der Waals surface area contributed by atoms with Gasteiger partial charge >= 0.3 is 0 Å². The molecule has 2 atom stereocenters. The molecule has 0 aliphatic heterocycles. The van der Waals surface area contributed by atoms with E-state index in [4.69, 9.17) is 27.9 Å². The van der Waals surface area contributed by atoms with Crippen molar-refractivity contribution in [3.05, 3.63) is 27.7 Å². The first kappa shape index (κ1) is 14.7. The SMILES string of the molecule is CCC1CCCC(Oc2c(Cl)cc(Cl)cc2C=O)C1. The van der Waals surface area contributed by atoms with E-state index in [0.29, 0.717) is 27.3 Å². The largest absolute Gasteiger partial charge is 0.488 e. The molecule has 0 amide bonds. The summed E-state index contributed by atoms with van der Waals surface area (Å²) in [6.07, 6.45) is 6.57. The highest BCUT2D eigenvalue weighted by molar-refractivity contribution is 6.36. The van der Waals surface area contributed by atoms with Gasteiger partial charge in [-0.25, -0.2) is 0 Å². The van der Waals surface area contributed by atoms with Gasteiger partial charge in [-0.15, -0.1) is 0 Å². The van der Waals surface area contributed by atoms with E-state index < -0.39 is 0 Å². The number of carbonyl (C=O) groups is 1. The van der Waals surface area contributed by atoms with Gasteiger partial charge in [0, 0.05) is 5.02 Å². The number of rotatable bonds is 4. The number of hydrogen-bond donors (Lipinski definition) is 0. The van der Waals surface area contributed by atoms with E-state index in [2.05, 4.69) is 6.92 Å². The van der Waals surface area contributed by atoms with Crippen LogP contribution in [-0.4, -0.2) is 12.4 Å². The maximum atomic E-state index is 11.1. The molecular weight excluding hydrogens is 283 g/mol. The Morgan fingerprint density at radius 3 is 2.84 bits per heavy atom. The lowest BCUT2D eigenvalue weighted by Gasteiger charge is -2.29. The molecule has 0 radical (unpaired) electrons. The summed E-state index contributed by atoms with van der Waals surface area (Å²) in [6.45, 7) is 2.21. The van der Waals surface area contributed by atoms with Crippen LogP contribution in [0, 0.1) is 5.92 Å². The second kappa shape index (κ2) is 6.62. The second-order valence-corrected chi connectivity index (χ2v) is 5.95. The van der Waals surface area contributed by atoms with Crippen LogP contribution in [0.5, 0.6) is 5.75 Å². The van der Waals surface area contributed by atoms with Crippen LogP contribution in [-0.2, 0) is 0 Å². The van der Waals surface area contributed by atoms with Crippen molar-refractivity contribution in [1.82, 2.24) is 0 Å². The fourth-order valence-corrected chi connectivity index (χ4v) is 3.23. The van der Waals surface area contributed by atoms with Crippen LogP contribution in [0.15, 0.2) is 12.1 Å². The van der Waals surface area contributed by atoms with E-state index >= 15 is 0 Å². The Labute approximate surface area is 124 Å². The van der Waals surface area contributed by atoms with Crippen LogP contribution in [0.2, 0.25) is 10.0 Å². The number of aldehydes is 1. The highest BCUT2D eigenvalue weighted by Crippen LogP contribution is 2.35. The smallest absolute Gasteiger partial charge is 0.153 e. The average molecular weight is 301 g/mol. The molecule has 1 aromatic carbocycles. The summed E-state index contributed by atoms with van der Waals surface area (Å²) >= 11 is 12.0. The lowest BCUT2D eigenvalue weighted by Crippen LogP contribution is -2.25. The highest BCUT2D eigenvalue weighted by Gasteiger charge is 2.24. The van der Waals surface area contributed by atoms with Crippen LogP contribution >= 0.6 is 23.2 Å². The fourth-order valence-electron chi connectivity index (χ4n) is 2.68. The Morgan fingerprint density at radius 1 is 1.37 bits per heavy atom. The van der Waals surface area contributed by atoms with E-state index in [1.54, 1.807) is 12.1 Å². The van der Waals surface area contributed by atoms with Gasteiger partial charge < -0.3 is 4.74 Å². The molecule has 4 heteroatoms. The van der Waals surface area contributed by atoms with Gasteiger partial charge in [0.25, 0.3) is 0 Å². The highest BCUT2D eigenvalue weighted by atomic mass is 35.5. The lowest BCUT2D eigenvalue weighted by atomic mass is 9.85. The van der Waals surface area contributed by atoms with Crippen molar-refractivity contribution in [3.63, 3.8) is 0 Å². The molecule has 1 aliphatic rings. The molecule has 0 N–H and O–H groups in total. The monoisotopic (exact) mass is 300 g/mol. The Balaban J connectivity index is 2.16. The predicted molar refractivity (Wildman–Crippen MR) is 78.5 cm³/mol. The maximum absolute atomic E-state index is 11.1. The minimum atomic E-state index is 0.149. The van der Waals surface area contributed by atoms with Gasteiger partial charge in [0.05, 0.1) is 16.7 Å². The first-order valence-corrected chi connectivity index (χ1v) is 7.50. The molecule has 2 nitrogen and oxygen atoms in total. The summed E-state index contributed by atoms with van der Waals surface area (Å²) in [4.78, 5) is 11.1. The summed E-state index contributed by atoms with van der Waals surface area (Å²) in [7, 11) is 0. The third kappa shape index (κ3) is 3.64. The maximum Gasteiger partial charge on any atom is 0.153 e. The van der Waals surface area contributed by atoms with E-state index in [0.717, 1.165) is 19.1 Å². The molecule has 1 fully saturated rings. The Kier molecular flexibility index (Phi) is 5.12. The van der Waals surface area contributed by atoms with Crippen molar-refractivity contribution < 1.29 is 9.53 Å². The van der Waals surface area contributed by atoms with Crippen molar-refractivity contribution in [2.45, 2.75) is 45.1 Å². The standard InChI is InChI=1S/C15H18Cl2O2/c1-2-10-4-3-5-13(6-10)19-15-11(9-18)7-12(16)8-14(15)17/h7-10,13H,2-6H2,1H3. The molecular formula is C15H18Cl2O2. The Morgan fingerprint density at radius 2 is 2.16 bits per heavy atom. The van der Waals surface area contributed by atoms with Gasteiger partial charge in [0.2, 0.25) is 0 Å². The fraction of sp³-hybridized carbons (Fsp3) is 0.533. The van der Waals surface area contributed by atoms with Crippen LogP contribution in [0.3, 0.4) is 0 Å². The van der Waals surface area contributed by atoms with Crippen molar-refractivity contribution in [2.75, 3.05) is 0 Å². The number of halogens is 2. The van der Waals surface area contributed by atoms with Crippen LogP contribution in [0.4, 0.5) is 0 Å². The first-order valence-electron chi connectivity index (χ1n) is 6.75. The zero-order valence-electron chi connectivity index (χ0n) is 11.0. The molecule has 1 aliphatic carbocycles. The second-order valence-electron chi connectivity index (χ2n) is 5.10. The van der Waals surface area contributed by atoms with E-state index in [1.165, 1.54) is 19.3 Å². The van der Waals surface area contributed by atoms with Gasteiger partial charge in [-0.1, -0.05) is 43.0 Å².